The average molecular weight is 482 g/mol. The van der Waals surface area contributed by atoms with E-state index in [4.69, 9.17) is 4.74 Å². The number of piperazine rings is 1. The van der Waals surface area contributed by atoms with Gasteiger partial charge in [0.15, 0.2) is 0 Å². The second-order valence-corrected chi connectivity index (χ2v) is 8.92. The zero-order valence-corrected chi connectivity index (χ0v) is 19.3. The number of hydrogen-bond acceptors (Lipinski definition) is 4. The molecule has 5 rings (SSSR count). The Labute approximate surface area is 202 Å². The molecule has 5 nitrogen and oxygen atoms in total. The van der Waals surface area contributed by atoms with Gasteiger partial charge in [-0.25, -0.2) is 0 Å². The third kappa shape index (κ3) is 4.65. The molecule has 1 N–H and O–H groups in total. The number of halogens is 3. The maximum Gasteiger partial charge on any atom is 0.416 e. The van der Waals surface area contributed by atoms with E-state index in [2.05, 4.69) is 15.1 Å². The number of methoxy groups -OCH3 is 1. The lowest BCUT2D eigenvalue weighted by Gasteiger charge is -2.49. The molecule has 3 aromatic carbocycles. The Bertz CT molecular complexity index is 1220. The molecule has 2 aliphatic heterocycles. The van der Waals surface area contributed by atoms with Crippen LogP contribution in [0, 0.1) is 5.92 Å². The Kier molecular flexibility index (Phi) is 6.05. The van der Waals surface area contributed by atoms with E-state index in [9.17, 15) is 18.0 Å². The fraction of sp³-hybridized carbons (Fsp3) is 0.296. The quantitative estimate of drug-likeness (QED) is 0.555. The number of carbonyl (C=O) groups excluding carboxylic acids is 1. The number of amides is 1. The third-order valence-corrected chi connectivity index (χ3v) is 6.83. The summed E-state index contributed by atoms with van der Waals surface area (Å²) >= 11 is 0. The van der Waals surface area contributed by atoms with Gasteiger partial charge in [0.25, 0.3) is 0 Å². The van der Waals surface area contributed by atoms with Crippen LogP contribution >= 0.6 is 0 Å². The number of nitrogens with zero attached hydrogens (tertiary/aromatic N) is 2. The predicted octanol–water partition coefficient (Wildman–Crippen LogP) is 5.22. The van der Waals surface area contributed by atoms with Gasteiger partial charge in [-0.1, -0.05) is 24.3 Å². The summed E-state index contributed by atoms with van der Waals surface area (Å²) in [6.07, 6.45) is -4.20. The normalized spacial score (nSPS) is 19.5. The number of ether oxygens (including phenoxy) is 1. The number of alkyl halides is 3. The third-order valence-electron chi connectivity index (χ3n) is 6.83. The van der Waals surface area contributed by atoms with E-state index < -0.39 is 17.7 Å². The number of hydrogen-bond donors (Lipinski definition) is 1. The molecule has 35 heavy (non-hydrogen) atoms. The second-order valence-electron chi connectivity index (χ2n) is 8.92. The highest BCUT2D eigenvalue weighted by Gasteiger charge is 2.42. The molecular formula is C27H26F3N3O2. The molecule has 0 bridgehead atoms. The Morgan fingerprint density at radius 2 is 1.80 bits per heavy atom. The van der Waals surface area contributed by atoms with Crippen molar-refractivity contribution in [3.63, 3.8) is 0 Å². The molecule has 2 aliphatic rings. The van der Waals surface area contributed by atoms with E-state index in [1.165, 1.54) is 6.07 Å². The van der Waals surface area contributed by atoms with E-state index in [1.807, 2.05) is 30.3 Å². The van der Waals surface area contributed by atoms with Crippen LogP contribution in [0.15, 0.2) is 72.8 Å². The van der Waals surface area contributed by atoms with Crippen molar-refractivity contribution in [3.05, 3.63) is 83.9 Å². The number of carbonyl (C=O) groups is 1. The van der Waals surface area contributed by atoms with E-state index in [0.717, 1.165) is 17.4 Å². The lowest BCUT2D eigenvalue weighted by molar-refractivity contribution is -0.137. The van der Waals surface area contributed by atoms with Gasteiger partial charge in [0.1, 0.15) is 5.75 Å². The topological polar surface area (TPSA) is 44.8 Å². The molecule has 1 fully saturated rings. The molecule has 0 aliphatic carbocycles. The molecule has 8 heteroatoms. The Hall–Kier alpha value is -3.68. The first-order valence-electron chi connectivity index (χ1n) is 11.5. The van der Waals surface area contributed by atoms with Gasteiger partial charge in [-0.3, -0.25) is 4.79 Å². The van der Waals surface area contributed by atoms with Crippen molar-refractivity contribution in [3.8, 4) is 5.75 Å². The molecule has 2 atom stereocenters. The summed E-state index contributed by atoms with van der Waals surface area (Å²) in [7, 11) is 1.55. The fourth-order valence-corrected chi connectivity index (χ4v) is 5.11. The van der Waals surface area contributed by atoms with Crippen LogP contribution in [-0.2, 0) is 17.4 Å². The summed E-state index contributed by atoms with van der Waals surface area (Å²) in [5, 5.41) is 2.96. The highest BCUT2D eigenvalue weighted by molar-refractivity contribution is 5.94. The van der Waals surface area contributed by atoms with Crippen molar-refractivity contribution in [2.24, 2.45) is 5.92 Å². The Balaban J connectivity index is 1.48. The standard InChI is InChI=1S/C27H26F3N3O2/c1-35-22-9-5-6-20(16-22)31-26(34)23-15-18-14-19(27(28,29)30)10-11-24(18)33-13-12-32(17-25(23)33)21-7-3-2-4-8-21/h2-11,14,16,23,25H,12-13,15,17H2,1H3,(H,31,34)/t23-,25+/m1/s1. The fourth-order valence-electron chi connectivity index (χ4n) is 5.11. The average Bonchev–Trinajstić information content (AvgIpc) is 2.87. The first kappa shape index (κ1) is 23.1. The summed E-state index contributed by atoms with van der Waals surface area (Å²) < 4.78 is 45.5. The van der Waals surface area contributed by atoms with Crippen LogP contribution in [0.25, 0.3) is 0 Å². The van der Waals surface area contributed by atoms with Crippen LogP contribution in [-0.4, -0.2) is 38.7 Å². The zero-order chi connectivity index (χ0) is 24.6. The number of anilines is 3. The summed E-state index contributed by atoms with van der Waals surface area (Å²) in [6, 6.07) is 20.7. The number of fused-ring (bicyclic) bond motifs is 3. The molecule has 0 unspecified atom stereocenters. The van der Waals surface area contributed by atoms with Crippen LogP contribution in [0.2, 0.25) is 0 Å². The largest absolute Gasteiger partial charge is 0.497 e. The van der Waals surface area contributed by atoms with Gasteiger partial charge < -0.3 is 19.9 Å². The van der Waals surface area contributed by atoms with Crippen LogP contribution in [0.4, 0.5) is 30.2 Å². The monoisotopic (exact) mass is 481 g/mol. The smallest absolute Gasteiger partial charge is 0.416 e. The highest BCUT2D eigenvalue weighted by Crippen LogP contribution is 2.40. The highest BCUT2D eigenvalue weighted by atomic mass is 19.4. The van der Waals surface area contributed by atoms with E-state index in [-0.39, 0.29) is 18.4 Å². The summed E-state index contributed by atoms with van der Waals surface area (Å²) in [6.45, 7) is 1.92. The molecule has 0 saturated carbocycles. The summed E-state index contributed by atoms with van der Waals surface area (Å²) in [5.41, 5.74) is 2.30. The van der Waals surface area contributed by atoms with Gasteiger partial charge >= 0.3 is 6.18 Å². The van der Waals surface area contributed by atoms with Gasteiger partial charge in [0.05, 0.1) is 24.6 Å². The lowest BCUT2D eigenvalue weighted by atomic mass is 9.82. The van der Waals surface area contributed by atoms with Crippen LogP contribution in [0.1, 0.15) is 11.1 Å². The number of rotatable bonds is 4. The van der Waals surface area contributed by atoms with Gasteiger partial charge in [-0.2, -0.15) is 13.2 Å². The zero-order valence-electron chi connectivity index (χ0n) is 19.3. The minimum absolute atomic E-state index is 0.182. The van der Waals surface area contributed by atoms with Crippen LogP contribution in [0.5, 0.6) is 5.75 Å². The minimum Gasteiger partial charge on any atom is -0.497 e. The maximum atomic E-state index is 13.5. The molecule has 182 valence electrons. The maximum absolute atomic E-state index is 13.5. The van der Waals surface area contributed by atoms with Crippen molar-refractivity contribution in [2.75, 3.05) is 41.9 Å². The minimum atomic E-state index is -4.43. The number of para-hydroxylation sites is 1. The van der Waals surface area contributed by atoms with Crippen molar-refractivity contribution in [2.45, 2.75) is 18.6 Å². The molecule has 0 aromatic heterocycles. The molecule has 1 amide bonds. The van der Waals surface area contributed by atoms with Crippen molar-refractivity contribution in [1.29, 1.82) is 0 Å². The number of nitrogens with one attached hydrogen (secondary N) is 1. The van der Waals surface area contributed by atoms with E-state index in [0.29, 0.717) is 36.6 Å². The van der Waals surface area contributed by atoms with Gasteiger partial charge in [-0.05, 0) is 54.4 Å². The second kappa shape index (κ2) is 9.17. The molecule has 0 spiro atoms. The SMILES string of the molecule is COc1cccc(NC(=O)[C@@H]2Cc3cc(C(F)(F)F)ccc3N3CCN(c4ccccc4)C[C@@H]23)c1. The predicted molar refractivity (Wildman–Crippen MR) is 130 cm³/mol. The molecular weight excluding hydrogens is 455 g/mol. The summed E-state index contributed by atoms with van der Waals surface area (Å²) in [5.74, 6) is -0.129. The van der Waals surface area contributed by atoms with E-state index in [1.54, 1.807) is 37.4 Å². The first-order chi connectivity index (χ1) is 16.8. The van der Waals surface area contributed by atoms with Gasteiger partial charge in [-0.15, -0.1) is 0 Å². The summed E-state index contributed by atoms with van der Waals surface area (Å²) in [4.78, 5) is 17.9. The van der Waals surface area contributed by atoms with Crippen molar-refractivity contribution < 1.29 is 22.7 Å². The van der Waals surface area contributed by atoms with Crippen molar-refractivity contribution >= 4 is 23.0 Å². The molecule has 2 heterocycles. The van der Waals surface area contributed by atoms with Crippen molar-refractivity contribution in [1.82, 2.24) is 0 Å². The molecule has 1 saturated heterocycles. The van der Waals surface area contributed by atoms with Crippen LogP contribution in [0.3, 0.4) is 0 Å². The lowest BCUT2D eigenvalue weighted by Crippen LogP contribution is -2.60. The Morgan fingerprint density at radius 1 is 1.00 bits per heavy atom. The first-order valence-corrected chi connectivity index (χ1v) is 11.5. The van der Waals surface area contributed by atoms with Crippen LogP contribution < -0.4 is 19.9 Å². The number of benzene rings is 3. The molecule has 0 radical (unpaired) electrons. The van der Waals surface area contributed by atoms with Gasteiger partial charge in [0, 0.05) is 42.8 Å². The van der Waals surface area contributed by atoms with E-state index >= 15 is 0 Å². The molecule has 3 aromatic rings. The van der Waals surface area contributed by atoms with Gasteiger partial charge in [0.2, 0.25) is 5.91 Å². The Morgan fingerprint density at radius 3 is 2.54 bits per heavy atom.